The number of urea groups is 1. The van der Waals surface area contributed by atoms with Crippen molar-refractivity contribution in [2.75, 3.05) is 63.7 Å². The van der Waals surface area contributed by atoms with Gasteiger partial charge in [-0.25, -0.2) is 4.79 Å². The van der Waals surface area contributed by atoms with Crippen molar-refractivity contribution in [3.05, 3.63) is 48.0 Å². The van der Waals surface area contributed by atoms with Gasteiger partial charge in [0.2, 0.25) is 0 Å². The van der Waals surface area contributed by atoms with Crippen molar-refractivity contribution in [2.45, 2.75) is 25.8 Å². The second-order valence-corrected chi connectivity index (χ2v) is 8.55. The first-order valence-corrected chi connectivity index (χ1v) is 11.4. The van der Waals surface area contributed by atoms with Gasteiger partial charge in [-0.3, -0.25) is 4.90 Å². The SMILES string of the molecule is COc1ccc(NC(=O)N2CCCC(N3CCN(c4ccccc4OC)CC3)C2)c(C)c1. The highest BCUT2D eigenvalue weighted by molar-refractivity contribution is 5.90. The van der Waals surface area contributed by atoms with E-state index in [4.69, 9.17) is 9.47 Å². The smallest absolute Gasteiger partial charge is 0.321 e. The van der Waals surface area contributed by atoms with Gasteiger partial charge in [-0.1, -0.05) is 12.1 Å². The number of piperidine rings is 1. The van der Waals surface area contributed by atoms with Crippen LogP contribution >= 0.6 is 0 Å². The zero-order chi connectivity index (χ0) is 22.5. The van der Waals surface area contributed by atoms with E-state index < -0.39 is 0 Å². The minimum Gasteiger partial charge on any atom is -0.497 e. The molecule has 0 aromatic heterocycles. The molecule has 2 aromatic carbocycles. The molecule has 2 saturated heterocycles. The van der Waals surface area contributed by atoms with Crippen LogP contribution < -0.4 is 19.7 Å². The van der Waals surface area contributed by atoms with Gasteiger partial charge >= 0.3 is 6.03 Å². The fourth-order valence-electron chi connectivity index (χ4n) is 4.75. The average molecular weight is 439 g/mol. The molecule has 0 saturated carbocycles. The lowest BCUT2D eigenvalue weighted by molar-refractivity contribution is 0.108. The molecule has 0 radical (unpaired) electrons. The number of carbonyl (C=O) groups is 1. The van der Waals surface area contributed by atoms with E-state index in [0.29, 0.717) is 6.04 Å². The van der Waals surface area contributed by atoms with E-state index in [-0.39, 0.29) is 6.03 Å². The number of carbonyl (C=O) groups excluding carboxylic acids is 1. The Morgan fingerprint density at radius 1 is 1.00 bits per heavy atom. The standard InChI is InChI=1S/C25H34N4O3/c1-19-17-21(31-2)10-11-22(19)26-25(30)29-12-6-7-20(18-29)27-13-15-28(16-14-27)23-8-4-5-9-24(23)32-3/h4-5,8-11,17,20H,6-7,12-16,18H2,1-3H3,(H,26,30). The van der Waals surface area contributed by atoms with E-state index in [1.54, 1.807) is 14.2 Å². The fourth-order valence-corrected chi connectivity index (χ4v) is 4.75. The van der Waals surface area contributed by atoms with E-state index >= 15 is 0 Å². The molecule has 0 bridgehead atoms. The van der Waals surface area contributed by atoms with Crippen LogP contribution in [0.25, 0.3) is 0 Å². The number of hydrogen-bond donors (Lipinski definition) is 1. The molecule has 2 heterocycles. The van der Waals surface area contributed by atoms with Gasteiger partial charge in [-0.15, -0.1) is 0 Å². The molecule has 172 valence electrons. The summed E-state index contributed by atoms with van der Waals surface area (Å²) < 4.78 is 10.8. The summed E-state index contributed by atoms with van der Waals surface area (Å²) in [6.07, 6.45) is 2.17. The third-order valence-electron chi connectivity index (χ3n) is 6.62. The summed E-state index contributed by atoms with van der Waals surface area (Å²) in [5, 5.41) is 3.09. The van der Waals surface area contributed by atoms with Crippen LogP contribution in [0.3, 0.4) is 0 Å². The van der Waals surface area contributed by atoms with Crippen LogP contribution in [-0.4, -0.2) is 75.4 Å². The maximum absolute atomic E-state index is 13.0. The minimum atomic E-state index is -0.0179. The second-order valence-electron chi connectivity index (χ2n) is 8.55. The Morgan fingerprint density at radius 3 is 2.50 bits per heavy atom. The first-order valence-electron chi connectivity index (χ1n) is 11.4. The van der Waals surface area contributed by atoms with Crippen LogP contribution in [0.4, 0.5) is 16.2 Å². The number of piperazine rings is 1. The van der Waals surface area contributed by atoms with Crippen LogP contribution in [0, 0.1) is 6.92 Å². The summed E-state index contributed by atoms with van der Waals surface area (Å²) in [6, 6.07) is 14.3. The number of ether oxygens (including phenoxy) is 2. The lowest BCUT2D eigenvalue weighted by Crippen LogP contribution is -2.56. The summed E-state index contributed by atoms with van der Waals surface area (Å²) in [7, 11) is 3.38. The lowest BCUT2D eigenvalue weighted by atomic mass is 10.0. The number of nitrogens with zero attached hydrogens (tertiary/aromatic N) is 3. The predicted molar refractivity (Wildman–Crippen MR) is 128 cm³/mol. The van der Waals surface area contributed by atoms with E-state index in [9.17, 15) is 4.79 Å². The molecule has 4 rings (SSSR count). The van der Waals surface area contributed by atoms with Crippen LogP contribution in [0.15, 0.2) is 42.5 Å². The van der Waals surface area contributed by atoms with Crippen molar-refractivity contribution in [2.24, 2.45) is 0 Å². The molecule has 32 heavy (non-hydrogen) atoms. The van der Waals surface area contributed by atoms with E-state index in [1.165, 1.54) is 0 Å². The Kier molecular flexibility index (Phi) is 7.05. The molecule has 2 fully saturated rings. The quantitative estimate of drug-likeness (QED) is 0.769. The Bertz CT molecular complexity index is 927. The van der Waals surface area contributed by atoms with Crippen molar-refractivity contribution in [3.8, 4) is 11.5 Å². The largest absolute Gasteiger partial charge is 0.497 e. The molecular weight excluding hydrogens is 404 g/mol. The third-order valence-corrected chi connectivity index (χ3v) is 6.62. The Morgan fingerprint density at radius 2 is 1.78 bits per heavy atom. The first-order chi connectivity index (χ1) is 15.6. The highest BCUT2D eigenvalue weighted by Gasteiger charge is 2.30. The summed E-state index contributed by atoms with van der Waals surface area (Å²) in [4.78, 5) is 19.9. The number of para-hydroxylation sites is 2. The van der Waals surface area contributed by atoms with Gasteiger partial charge in [0.15, 0.2) is 0 Å². The van der Waals surface area contributed by atoms with Crippen molar-refractivity contribution in [3.63, 3.8) is 0 Å². The third kappa shape index (κ3) is 4.93. The molecule has 2 amide bonds. The number of nitrogens with one attached hydrogen (secondary N) is 1. The van der Waals surface area contributed by atoms with Crippen molar-refractivity contribution in [1.29, 1.82) is 0 Å². The van der Waals surface area contributed by atoms with Gasteiger partial charge in [-0.2, -0.15) is 0 Å². The van der Waals surface area contributed by atoms with Crippen molar-refractivity contribution < 1.29 is 14.3 Å². The fraction of sp³-hybridized carbons (Fsp3) is 0.480. The number of methoxy groups -OCH3 is 2. The maximum Gasteiger partial charge on any atom is 0.321 e. The average Bonchev–Trinajstić information content (AvgIpc) is 2.85. The predicted octanol–water partition coefficient (Wildman–Crippen LogP) is 3.83. The van der Waals surface area contributed by atoms with Crippen LogP contribution in [0.5, 0.6) is 11.5 Å². The van der Waals surface area contributed by atoms with Gasteiger partial charge in [0.05, 0.1) is 19.9 Å². The number of aryl methyl sites for hydroxylation is 1. The lowest BCUT2D eigenvalue weighted by Gasteiger charge is -2.44. The number of anilines is 2. The molecule has 2 aliphatic rings. The van der Waals surface area contributed by atoms with Gasteiger partial charge in [0, 0.05) is 51.0 Å². The molecule has 1 unspecified atom stereocenters. The van der Waals surface area contributed by atoms with E-state index in [2.05, 4.69) is 27.2 Å². The Labute approximate surface area is 190 Å². The number of likely N-dealkylation sites (tertiary alicyclic amines) is 1. The molecule has 2 aliphatic heterocycles. The molecule has 0 spiro atoms. The normalized spacial score (nSPS) is 19.5. The van der Waals surface area contributed by atoms with Gasteiger partial charge < -0.3 is 24.6 Å². The highest BCUT2D eigenvalue weighted by atomic mass is 16.5. The molecule has 2 aromatic rings. The highest BCUT2D eigenvalue weighted by Crippen LogP contribution is 2.29. The monoisotopic (exact) mass is 438 g/mol. The second kappa shape index (κ2) is 10.1. The van der Waals surface area contributed by atoms with Gasteiger partial charge in [-0.05, 0) is 55.7 Å². The van der Waals surface area contributed by atoms with Crippen LogP contribution in [0.2, 0.25) is 0 Å². The number of amides is 2. The summed E-state index contributed by atoms with van der Waals surface area (Å²) in [5.41, 5.74) is 3.00. The van der Waals surface area contributed by atoms with Gasteiger partial charge in [0.1, 0.15) is 11.5 Å². The molecule has 7 nitrogen and oxygen atoms in total. The van der Waals surface area contributed by atoms with Crippen LogP contribution in [-0.2, 0) is 0 Å². The van der Waals surface area contributed by atoms with Crippen molar-refractivity contribution in [1.82, 2.24) is 9.80 Å². The Hall–Kier alpha value is -2.93. The summed E-state index contributed by atoms with van der Waals surface area (Å²) in [5.74, 6) is 1.72. The zero-order valence-electron chi connectivity index (χ0n) is 19.3. The van der Waals surface area contributed by atoms with Crippen LogP contribution in [0.1, 0.15) is 18.4 Å². The van der Waals surface area contributed by atoms with E-state index in [1.807, 2.05) is 42.2 Å². The molecule has 1 atom stereocenters. The number of rotatable bonds is 5. The van der Waals surface area contributed by atoms with Crippen molar-refractivity contribution >= 4 is 17.4 Å². The molecular formula is C25H34N4O3. The summed E-state index contributed by atoms with van der Waals surface area (Å²) >= 11 is 0. The van der Waals surface area contributed by atoms with Gasteiger partial charge in [0.25, 0.3) is 0 Å². The topological polar surface area (TPSA) is 57.3 Å². The molecule has 0 aliphatic carbocycles. The first kappa shape index (κ1) is 22.3. The number of hydrogen-bond acceptors (Lipinski definition) is 5. The minimum absolute atomic E-state index is 0.0179. The molecule has 1 N–H and O–H groups in total. The zero-order valence-corrected chi connectivity index (χ0v) is 19.3. The maximum atomic E-state index is 13.0. The number of benzene rings is 2. The summed E-state index contributed by atoms with van der Waals surface area (Å²) in [6.45, 7) is 7.49. The molecule has 7 heteroatoms. The van der Waals surface area contributed by atoms with E-state index in [0.717, 1.165) is 80.5 Å². The Balaban J connectivity index is 1.33.